The highest BCUT2D eigenvalue weighted by atomic mass is 79.9. The van der Waals surface area contributed by atoms with Gasteiger partial charge in [-0.15, -0.1) is 0 Å². The molecule has 2 aromatic carbocycles. The van der Waals surface area contributed by atoms with Crippen molar-refractivity contribution >= 4 is 15.9 Å². The Kier molecular flexibility index (Phi) is 4.20. The van der Waals surface area contributed by atoms with Crippen LogP contribution < -0.4 is 0 Å². The summed E-state index contributed by atoms with van der Waals surface area (Å²) in [7, 11) is 0. The molecule has 0 fully saturated rings. The van der Waals surface area contributed by atoms with Gasteiger partial charge in [-0.1, -0.05) is 15.9 Å². The monoisotopic (exact) mass is 344 g/mol. The summed E-state index contributed by atoms with van der Waals surface area (Å²) in [5.74, 6) is -2.05. The molecule has 1 atom stereocenters. The third-order valence-corrected chi connectivity index (χ3v) is 3.52. The van der Waals surface area contributed by atoms with E-state index in [-0.39, 0.29) is 17.5 Å². The quantitative estimate of drug-likeness (QED) is 0.879. The highest BCUT2D eigenvalue weighted by Gasteiger charge is 2.26. The van der Waals surface area contributed by atoms with Crippen LogP contribution in [0.2, 0.25) is 0 Å². The lowest BCUT2D eigenvalue weighted by Gasteiger charge is -2.24. The molecule has 2 aromatic rings. The predicted molar refractivity (Wildman–Crippen MR) is 73.7 cm³/mol. The van der Waals surface area contributed by atoms with Crippen molar-refractivity contribution in [2.75, 3.05) is 0 Å². The maximum absolute atomic E-state index is 13.7. The summed E-state index contributed by atoms with van der Waals surface area (Å²) in [5, 5.41) is 10.4. The van der Waals surface area contributed by atoms with Crippen LogP contribution in [0.1, 0.15) is 18.1 Å². The van der Waals surface area contributed by atoms with Gasteiger partial charge in [-0.25, -0.2) is 13.2 Å². The smallest absolute Gasteiger partial charge is 0.126 e. The number of aliphatic hydroxyl groups is 1. The van der Waals surface area contributed by atoms with Crippen LogP contribution in [0.15, 0.2) is 40.9 Å². The molecule has 0 aliphatic heterocycles. The summed E-state index contributed by atoms with van der Waals surface area (Å²) in [6, 6.07) is 7.13. The first-order chi connectivity index (χ1) is 9.28. The SMILES string of the molecule is CC(O)(Cc1cc(Br)ccc1F)c1cc(F)cc(F)c1. The van der Waals surface area contributed by atoms with Gasteiger partial charge in [0.15, 0.2) is 0 Å². The van der Waals surface area contributed by atoms with E-state index < -0.39 is 23.1 Å². The van der Waals surface area contributed by atoms with Gasteiger partial charge >= 0.3 is 0 Å². The lowest BCUT2D eigenvalue weighted by molar-refractivity contribution is 0.0560. The molecule has 0 aliphatic carbocycles. The maximum atomic E-state index is 13.7. The van der Waals surface area contributed by atoms with Crippen LogP contribution in [-0.4, -0.2) is 5.11 Å². The maximum Gasteiger partial charge on any atom is 0.126 e. The van der Waals surface area contributed by atoms with E-state index in [4.69, 9.17) is 0 Å². The minimum atomic E-state index is -1.58. The number of hydrogen-bond donors (Lipinski definition) is 1. The van der Waals surface area contributed by atoms with Gasteiger partial charge < -0.3 is 5.11 Å². The van der Waals surface area contributed by atoms with Gasteiger partial charge in [0, 0.05) is 17.0 Å². The molecule has 20 heavy (non-hydrogen) atoms. The van der Waals surface area contributed by atoms with Gasteiger partial charge in [0.1, 0.15) is 17.5 Å². The van der Waals surface area contributed by atoms with Gasteiger partial charge in [-0.05, 0) is 48.4 Å². The number of halogens is 4. The summed E-state index contributed by atoms with van der Waals surface area (Å²) in [6.45, 7) is 1.39. The molecule has 0 heterocycles. The van der Waals surface area contributed by atoms with E-state index in [1.165, 1.54) is 25.1 Å². The van der Waals surface area contributed by atoms with Crippen molar-refractivity contribution in [2.24, 2.45) is 0 Å². The molecule has 1 N–H and O–H groups in total. The van der Waals surface area contributed by atoms with Crippen molar-refractivity contribution in [1.29, 1.82) is 0 Å². The van der Waals surface area contributed by atoms with E-state index in [2.05, 4.69) is 15.9 Å². The topological polar surface area (TPSA) is 20.2 Å². The van der Waals surface area contributed by atoms with Crippen molar-refractivity contribution in [2.45, 2.75) is 18.9 Å². The van der Waals surface area contributed by atoms with Crippen LogP contribution >= 0.6 is 15.9 Å². The number of rotatable bonds is 3. The predicted octanol–water partition coefficient (Wildman–Crippen LogP) is 4.32. The second kappa shape index (κ2) is 5.58. The van der Waals surface area contributed by atoms with Crippen molar-refractivity contribution in [1.82, 2.24) is 0 Å². The van der Waals surface area contributed by atoms with Gasteiger partial charge in [-0.3, -0.25) is 0 Å². The lowest BCUT2D eigenvalue weighted by Crippen LogP contribution is -2.25. The second-order valence-corrected chi connectivity index (χ2v) is 5.76. The van der Waals surface area contributed by atoms with Crippen molar-refractivity contribution in [3.63, 3.8) is 0 Å². The second-order valence-electron chi connectivity index (χ2n) is 4.84. The zero-order valence-corrected chi connectivity index (χ0v) is 12.2. The molecule has 106 valence electrons. The van der Waals surface area contributed by atoms with Crippen LogP contribution in [0.25, 0.3) is 0 Å². The zero-order chi connectivity index (χ0) is 14.9. The highest BCUT2D eigenvalue weighted by molar-refractivity contribution is 9.10. The minimum Gasteiger partial charge on any atom is -0.385 e. The first-order valence-electron chi connectivity index (χ1n) is 5.91. The molecule has 0 radical (unpaired) electrons. The molecule has 0 spiro atoms. The Labute approximate surface area is 123 Å². The minimum absolute atomic E-state index is 0.0642. The Morgan fingerprint density at radius 2 is 1.65 bits per heavy atom. The molecular weight excluding hydrogens is 333 g/mol. The van der Waals surface area contributed by atoms with Crippen LogP contribution in [0.4, 0.5) is 13.2 Å². The van der Waals surface area contributed by atoms with Gasteiger partial charge in [-0.2, -0.15) is 0 Å². The molecule has 5 heteroatoms. The molecule has 1 nitrogen and oxygen atoms in total. The fourth-order valence-electron chi connectivity index (χ4n) is 2.02. The first-order valence-corrected chi connectivity index (χ1v) is 6.70. The Morgan fingerprint density at radius 1 is 1.05 bits per heavy atom. The Balaban J connectivity index is 2.37. The van der Waals surface area contributed by atoms with Crippen molar-refractivity contribution < 1.29 is 18.3 Å². The molecule has 0 saturated heterocycles. The number of hydrogen-bond acceptors (Lipinski definition) is 1. The Bertz CT molecular complexity index is 621. The van der Waals surface area contributed by atoms with Gasteiger partial charge in [0.25, 0.3) is 0 Å². The standard InChI is InChI=1S/C15H12BrF3O/c1-15(20,10-5-12(17)7-13(18)6-10)8-9-4-11(16)2-3-14(9)19/h2-7,20H,8H2,1H3. The fraction of sp³-hybridized carbons (Fsp3) is 0.200. The first kappa shape index (κ1) is 15.1. The normalized spacial score (nSPS) is 14.1. The number of benzene rings is 2. The third kappa shape index (κ3) is 3.41. The fourth-order valence-corrected chi connectivity index (χ4v) is 2.42. The van der Waals surface area contributed by atoms with E-state index in [0.717, 1.165) is 18.2 Å². The van der Waals surface area contributed by atoms with E-state index in [1.807, 2.05) is 0 Å². The molecule has 0 aliphatic rings. The average molecular weight is 345 g/mol. The van der Waals surface area contributed by atoms with E-state index in [9.17, 15) is 18.3 Å². The van der Waals surface area contributed by atoms with Gasteiger partial charge in [0.2, 0.25) is 0 Å². The summed E-state index contributed by atoms with van der Waals surface area (Å²) in [4.78, 5) is 0. The van der Waals surface area contributed by atoms with Crippen LogP contribution in [0.5, 0.6) is 0 Å². The summed E-state index contributed by atoms with van der Waals surface area (Å²) < 4.78 is 40.8. The van der Waals surface area contributed by atoms with Crippen molar-refractivity contribution in [3.05, 3.63) is 69.4 Å². The molecule has 0 aromatic heterocycles. The molecule has 2 rings (SSSR count). The summed E-state index contributed by atoms with van der Waals surface area (Å²) in [5.41, 5.74) is -1.26. The molecular formula is C15H12BrF3O. The largest absolute Gasteiger partial charge is 0.385 e. The molecule has 1 unspecified atom stereocenters. The average Bonchev–Trinajstić information content (AvgIpc) is 2.32. The molecule has 0 bridgehead atoms. The summed E-state index contributed by atoms with van der Waals surface area (Å²) >= 11 is 3.22. The van der Waals surface area contributed by atoms with E-state index in [0.29, 0.717) is 4.47 Å². The summed E-state index contributed by atoms with van der Waals surface area (Å²) in [6.07, 6.45) is -0.0961. The molecule has 0 amide bonds. The van der Waals surface area contributed by atoms with Crippen LogP contribution in [-0.2, 0) is 12.0 Å². The lowest BCUT2D eigenvalue weighted by atomic mass is 9.89. The Hall–Kier alpha value is -1.33. The molecule has 0 saturated carbocycles. The zero-order valence-electron chi connectivity index (χ0n) is 10.6. The van der Waals surface area contributed by atoms with Crippen LogP contribution in [0, 0.1) is 17.5 Å². The van der Waals surface area contributed by atoms with Crippen molar-refractivity contribution in [3.8, 4) is 0 Å². The highest BCUT2D eigenvalue weighted by Crippen LogP contribution is 2.28. The Morgan fingerprint density at radius 3 is 2.25 bits per heavy atom. The third-order valence-electron chi connectivity index (χ3n) is 3.03. The van der Waals surface area contributed by atoms with Gasteiger partial charge in [0.05, 0.1) is 5.60 Å². The van der Waals surface area contributed by atoms with E-state index >= 15 is 0 Å². The van der Waals surface area contributed by atoms with Crippen LogP contribution in [0.3, 0.4) is 0 Å². The van der Waals surface area contributed by atoms with E-state index in [1.54, 1.807) is 0 Å².